The maximum Gasteiger partial charge on any atom is 0.333 e. The first kappa shape index (κ1) is 23.0. The fourth-order valence-electron chi connectivity index (χ4n) is 3.71. The molecule has 1 aliphatic rings. The highest BCUT2D eigenvalue weighted by Crippen LogP contribution is 2.26. The zero-order valence-electron chi connectivity index (χ0n) is 17.7. The zero-order chi connectivity index (χ0) is 19.0. The third-order valence-electron chi connectivity index (χ3n) is 5.35. The molecule has 0 saturated carbocycles. The summed E-state index contributed by atoms with van der Waals surface area (Å²) in [7, 11) is 0. The maximum atomic E-state index is 11.9. The molecule has 0 spiro atoms. The second-order valence-corrected chi connectivity index (χ2v) is 7.81. The molecule has 152 valence electrons. The molecule has 1 aliphatic heterocycles. The molecule has 0 amide bonds. The Morgan fingerprint density at radius 1 is 0.769 bits per heavy atom. The number of unbranched alkanes of at least 4 members (excludes halogenated alkanes) is 10. The van der Waals surface area contributed by atoms with Crippen LogP contribution in [0, 0.1) is 0 Å². The van der Waals surface area contributed by atoms with E-state index >= 15 is 0 Å². The molecule has 0 saturated heterocycles. The van der Waals surface area contributed by atoms with Gasteiger partial charge in [0.15, 0.2) is 0 Å². The van der Waals surface area contributed by atoms with Crippen LogP contribution < -0.4 is 0 Å². The summed E-state index contributed by atoms with van der Waals surface area (Å²) in [4.78, 5) is 14.4. The van der Waals surface area contributed by atoms with Crippen LogP contribution in [0.5, 0.6) is 0 Å². The van der Waals surface area contributed by atoms with Gasteiger partial charge in [-0.25, -0.2) is 4.79 Å². The smallest absolute Gasteiger partial charge is 0.333 e. The standard InChI is InChI=1S/C23H43NO2/c1-4-7-10-13-14-17-22-21(20-23(25)26-22)24(18-15-11-8-5-2)19-16-12-9-6-3/h20,22H,4-19H2,1-3H3. The van der Waals surface area contributed by atoms with E-state index in [1.54, 1.807) is 6.08 Å². The highest BCUT2D eigenvalue weighted by atomic mass is 16.5. The normalized spacial score (nSPS) is 16.7. The Bertz CT molecular complexity index is 380. The number of hydrogen-bond acceptors (Lipinski definition) is 3. The number of hydrogen-bond donors (Lipinski definition) is 0. The summed E-state index contributed by atoms with van der Waals surface area (Å²) in [6, 6.07) is 0. The van der Waals surface area contributed by atoms with Gasteiger partial charge in [-0.05, 0) is 25.7 Å². The van der Waals surface area contributed by atoms with E-state index in [0.717, 1.165) is 25.9 Å². The molecule has 26 heavy (non-hydrogen) atoms. The summed E-state index contributed by atoms with van der Waals surface area (Å²) >= 11 is 0. The fourth-order valence-corrected chi connectivity index (χ4v) is 3.71. The molecular weight excluding hydrogens is 322 g/mol. The van der Waals surface area contributed by atoms with Crippen LogP contribution in [0.3, 0.4) is 0 Å². The molecule has 0 fully saturated rings. The van der Waals surface area contributed by atoms with Gasteiger partial charge < -0.3 is 9.64 Å². The van der Waals surface area contributed by atoms with Crippen molar-refractivity contribution in [2.45, 2.75) is 117 Å². The average molecular weight is 366 g/mol. The summed E-state index contributed by atoms with van der Waals surface area (Å²) in [5, 5.41) is 0. The first-order valence-corrected chi connectivity index (χ1v) is 11.4. The van der Waals surface area contributed by atoms with Crippen molar-refractivity contribution in [1.29, 1.82) is 0 Å². The quantitative estimate of drug-likeness (QED) is 0.214. The molecule has 1 unspecified atom stereocenters. The van der Waals surface area contributed by atoms with Crippen LogP contribution in [0.4, 0.5) is 0 Å². The van der Waals surface area contributed by atoms with Crippen LogP contribution in [0.25, 0.3) is 0 Å². The minimum atomic E-state index is -0.134. The second-order valence-electron chi connectivity index (χ2n) is 7.81. The predicted molar refractivity (Wildman–Crippen MR) is 111 cm³/mol. The molecular formula is C23H43NO2. The fraction of sp³-hybridized carbons (Fsp3) is 0.870. The first-order valence-electron chi connectivity index (χ1n) is 11.4. The summed E-state index contributed by atoms with van der Waals surface area (Å²) in [5.41, 5.74) is 1.17. The lowest BCUT2D eigenvalue weighted by Crippen LogP contribution is -2.31. The van der Waals surface area contributed by atoms with Gasteiger partial charge in [0.1, 0.15) is 6.10 Å². The number of carbonyl (C=O) groups is 1. The minimum absolute atomic E-state index is 0.00137. The molecule has 0 aliphatic carbocycles. The van der Waals surface area contributed by atoms with Crippen LogP contribution in [0.15, 0.2) is 11.8 Å². The number of esters is 1. The predicted octanol–water partition coefficient (Wildman–Crippen LogP) is 6.62. The van der Waals surface area contributed by atoms with Gasteiger partial charge in [0.25, 0.3) is 0 Å². The minimum Gasteiger partial charge on any atom is -0.453 e. The van der Waals surface area contributed by atoms with E-state index in [0.29, 0.717) is 0 Å². The van der Waals surface area contributed by atoms with Crippen molar-refractivity contribution in [2.24, 2.45) is 0 Å². The van der Waals surface area contributed by atoms with Crippen LogP contribution >= 0.6 is 0 Å². The van der Waals surface area contributed by atoms with Gasteiger partial charge >= 0.3 is 5.97 Å². The number of cyclic esters (lactones) is 1. The van der Waals surface area contributed by atoms with Crippen LogP contribution in [-0.2, 0) is 9.53 Å². The second kappa shape index (κ2) is 15.1. The molecule has 1 rings (SSSR count). The summed E-state index contributed by atoms with van der Waals surface area (Å²) in [5.74, 6) is -0.134. The third kappa shape index (κ3) is 9.64. The van der Waals surface area contributed by atoms with Crippen molar-refractivity contribution in [3.8, 4) is 0 Å². The summed E-state index contributed by atoms with van der Waals surface area (Å²) < 4.78 is 5.64. The van der Waals surface area contributed by atoms with Gasteiger partial charge in [-0.15, -0.1) is 0 Å². The molecule has 0 N–H and O–H groups in total. The Kier molecular flexibility index (Phi) is 13.4. The lowest BCUT2D eigenvalue weighted by atomic mass is 10.0. The van der Waals surface area contributed by atoms with Gasteiger partial charge in [0, 0.05) is 19.2 Å². The Morgan fingerprint density at radius 2 is 1.27 bits per heavy atom. The van der Waals surface area contributed by atoms with E-state index < -0.39 is 0 Å². The monoisotopic (exact) mass is 365 g/mol. The number of carbonyl (C=O) groups excluding carboxylic acids is 1. The van der Waals surface area contributed by atoms with Gasteiger partial charge in [0.05, 0.1) is 5.70 Å². The van der Waals surface area contributed by atoms with Crippen LogP contribution in [-0.4, -0.2) is 30.1 Å². The molecule has 3 nitrogen and oxygen atoms in total. The van der Waals surface area contributed by atoms with E-state index in [-0.39, 0.29) is 12.1 Å². The Balaban J connectivity index is 2.54. The molecule has 1 heterocycles. The lowest BCUT2D eigenvalue weighted by molar-refractivity contribution is -0.139. The van der Waals surface area contributed by atoms with E-state index in [1.807, 2.05) is 0 Å². The Hall–Kier alpha value is -0.990. The number of ether oxygens (including phenoxy) is 1. The van der Waals surface area contributed by atoms with Crippen molar-refractivity contribution in [2.75, 3.05) is 13.1 Å². The van der Waals surface area contributed by atoms with Crippen LogP contribution in [0.1, 0.15) is 111 Å². The molecule has 0 radical (unpaired) electrons. The topological polar surface area (TPSA) is 29.5 Å². The van der Waals surface area contributed by atoms with Crippen molar-refractivity contribution in [1.82, 2.24) is 4.90 Å². The summed E-state index contributed by atoms with van der Waals surface area (Å²) in [6.07, 6.45) is 19.2. The van der Waals surface area contributed by atoms with Gasteiger partial charge in [0.2, 0.25) is 0 Å². The summed E-state index contributed by atoms with van der Waals surface area (Å²) in [6.45, 7) is 8.89. The lowest BCUT2D eigenvalue weighted by Gasteiger charge is -2.29. The van der Waals surface area contributed by atoms with E-state index in [1.165, 1.54) is 82.7 Å². The van der Waals surface area contributed by atoms with E-state index in [4.69, 9.17) is 4.74 Å². The van der Waals surface area contributed by atoms with Crippen molar-refractivity contribution in [3.63, 3.8) is 0 Å². The zero-order valence-corrected chi connectivity index (χ0v) is 17.7. The van der Waals surface area contributed by atoms with Gasteiger partial charge in [-0.3, -0.25) is 0 Å². The number of rotatable bonds is 17. The van der Waals surface area contributed by atoms with Crippen molar-refractivity contribution < 1.29 is 9.53 Å². The average Bonchev–Trinajstić information content (AvgIpc) is 3.00. The number of nitrogens with zero attached hydrogens (tertiary/aromatic N) is 1. The third-order valence-corrected chi connectivity index (χ3v) is 5.35. The van der Waals surface area contributed by atoms with E-state index in [9.17, 15) is 4.79 Å². The van der Waals surface area contributed by atoms with Crippen molar-refractivity contribution in [3.05, 3.63) is 11.8 Å². The molecule has 3 heteroatoms. The molecule has 0 aromatic carbocycles. The SMILES string of the molecule is CCCCCCCC1OC(=O)C=C1N(CCCCCC)CCCCCC. The Labute approximate surface area is 162 Å². The molecule has 1 atom stereocenters. The van der Waals surface area contributed by atoms with Crippen LogP contribution in [0.2, 0.25) is 0 Å². The highest BCUT2D eigenvalue weighted by molar-refractivity contribution is 5.85. The molecule has 0 aromatic heterocycles. The van der Waals surface area contributed by atoms with Gasteiger partial charge in [-0.2, -0.15) is 0 Å². The van der Waals surface area contributed by atoms with Crippen molar-refractivity contribution >= 4 is 5.97 Å². The first-order chi connectivity index (χ1) is 12.7. The largest absolute Gasteiger partial charge is 0.453 e. The molecule has 0 bridgehead atoms. The Morgan fingerprint density at radius 3 is 1.81 bits per heavy atom. The maximum absolute atomic E-state index is 11.9. The highest BCUT2D eigenvalue weighted by Gasteiger charge is 2.29. The van der Waals surface area contributed by atoms with E-state index in [2.05, 4.69) is 25.7 Å². The van der Waals surface area contributed by atoms with Gasteiger partial charge in [-0.1, -0.05) is 85.0 Å². The molecule has 0 aromatic rings.